The van der Waals surface area contributed by atoms with Crippen molar-refractivity contribution in [3.8, 4) is 17.3 Å². The molecule has 2 aromatic carbocycles. The topological polar surface area (TPSA) is 47.8 Å². The average molecular weight is 332 g/mol. The van der Waals surface area contributed by atoms with Gasteiger partial charge in [0.15, 0.2) is 11.7 Å². The first kappa shape index (κ1) is 16.5. The minimum Gasteiger partial charge on any atom is -0.356 e. The Labute approximate surface area is 140 Å². The van der Waals surface area contributed by atoms with Gasteiger partial charge in [0.05, 0.1) is 5.02 Å². The molecule has 0 spiro atoms. The summed E-state index contributed by atoms with van der Waals surface area (Å²) in [5.41, 5.74) is 4.12. The fraction of sp³-hybridized carbons (Fsp3) is 0.235. The number of aryl methyl sites for hydroxylation is 1. The molecule has 3 nitrogen and oxygen atoms in total. The van der Waals surface area contributed by atoms with Crippen LogP contribution in [0.3, 0.4) is 0 Å². The Morgan fingerprint density at radius 1 is 1.23 bits per heavy atom. The van der Waals surface area contributed by atoms with Crippen LogP contribution < -0.4 is 10.6 Å². The van der Waals surface area contributed by atoms with Crippen LogP contribution in [0.2, 0.25) is 5.02 Å². The fourth-order valence-electron chi connectivity index (χ4n) is 2.12. The predicted molar refractivity (Wildman–Crippen MR) is 95.9 cm³/mol. The minimum atomic E-state index is -0.171. The Balaban J connectivity index is 2.20. The zero-order valence-corrected chi connectivity index (χ0v) is 14.1. The molecule has 0 bridgehead atoms. The molecular formula is C17H18ClN3S. The van der Waals surface area contributed by atoms with Gasteiger partial charge in [-0.05, 0) is 35.9 Å². The number of hydrogen-bond donors (Lipinski definition) is 2. The lowest BCUT2D eigenvalue weighted by Gasteiger charge is -2.16. The minimum absolute atomic E-state index is 0.171. The molecule has 0 aliphatic rings. The van der Waals surface area contributed by atoms with E-state index in [4.69, 9.17) is 16.9 Å². The van der Waals surface area contributed by atoms with Crippen LogP contribution in [0.15, 0.2) is 42.5 Å². The van der Waals surface area contributed by atoms with Crippen molar-refractivity contribution < 1.29 is 0 Å². The molecule has 0 aromatic heterocycles. The van der Waals surface area contributed by atoms with Gasteiger partial charge in [0, 0.05) is 11.3 Å². The van der Waals surface area contributed by atoms with E-state index in [-0.39, 0.29) is 5.50 Å². The maximum Gasteiger partial charge on any atom is 0.178 e. The normalized spacial score (nSPS) is 11.5. The van der Waals surface area contributed by atoms with Gasteiger partial charge in [-0.2, -0.15) is 5.26 Å². The third-order valence-electron chi connectivity index (χ3n) is 3.37. The molecular weight excluding hydrogens is 314 g/mol. The van der Waals surface area contributed by atoms with Crippen LogP contribution in [0.25, 0.3) is 11.1 Å². The summed E-state index contributed by atoms with van der Waals surface area (Å²) in [6, 6.07) is 14.3. The van der Waals surface area contributed by atoms with Crippen molar-refractivity contribution >= 4 is 29.1 Å². The molecule has 0 saturated carbocycles. The van der Waals surface area contributed by atoms with Crippen molar-refractivity contribution in [1.29, 1.82) is 5.26 Å². The molecule has 0 radical (unpaired) electrons. The van der Waals surface area contributed by atoms with Crippen LogP contribution in [0.1, 0.15) is 12.5 Å². The quantitative estimate of drug-likeness (QED) is 0.457. The van der Waals surface area contributed by atoms with E-state index >= 15 is 0 Å². The Bertz CT molecular complexity index is 665. The molecule has 0 fully saturated rings. The highest BCUT2D eigenvalue weighted by Crippen LogP contribution is 2.31. The largest absolute Gasteiger partial charge is 0.356 e. The summed E-state index contributed by atoms with van der Waals surface area (Å²) < 4.78 is 0. The van der Waals surface area contributed by atoms with E-state index in [1.54, 1.807) is 0 Å². The van der Waals surface area contributed by atoms with Crippen LogP contribution in [-0.2, 0) is 6.42 Å². The van der Waals surface area contributed by atoms with Crippen LogP contribution >= 0.6 is 23.4 Å². The summed E-state index contributed by atoms with van der Waals surface area (Å²) in [4.78, 5) is 0. The van der Waals surface area contributed by atoms with E-state index in [9.17, 15) is 0 Å². The van der Waals surface area contributed by atoms with Gasteiger partial charge < -0.3 is 5.32 Å². The molecule has 2 N–H and O–H groups in total. The van der Waals surface area contributed by atoms with Gasteiger partial charge in [0.1, 0.15) is 0 Å². The second-order valence-electron chi connectivity index (χ2n) is 4.76. The maximum absolute atomic E-state index is 8.70. The molecule has 114 valence electrons. The number of rotatable bonds is 6. The van der Waals surface area contributed by atoms with Crippen molar-refractivity contribution in [1.82, 2.24) is 5.32 Å². The number of nitrogens with zero attached hydrogens (tertiary/aromatic N) is 1. The van der Waals surface area contributed by atoms with Crippen molar-refractivity contribution in [3.63, 3.8) is 0 Å². The van der Waals surface area contributed by atoms with Crippen molar-refractivity contribution in [2.24, 2.45) is 0 Å². The lowest BCUT2D eigenvalue weighted by Crippen LogP contribution is -2.29. The second-order valence-corrected chi connectivity index (χ2v) is 6.11. The van der Waals surface area contributed by atoms with E-state index in [2.05, 4.69) is 41.8 Å². The summed E-state index contributed by atoms with van der Waals surface area (Å²) in [7, 11) is 0. The highest BCUT2D eigenvalue weighted by atomic mass is 35.5. The number of halogens is 1. The molecule has 2 aromatic rings. The third-order valence-corrected chi connectivity index (χ3v) is 4.39. The average Bonchev–Trinajstić information content (AvgIpc) is 2.55. The van der Waals surface area contributed by atoms with Crippen LogP contribution in [0.5, 0.6) is 0 Å². The smallest absolute Gasteiger partial charge is 0.178 e. The van der Waals surface area contributed by atoms with Crippen LogP contribution in [0, 0.1) is 11.5 Å². The lowest BCUT2D eigenvalue weighted by atomic mass is 10.0. The monoisotopic (exact) mass is 331 g/mol. The number of nitrogens with one attached hydrogen (secondary N) is 2. The number of anilines is 1. The first-order valence-corrected chi connectivity index (χ1v) is 8.67. The second kappa shape index (κ2) is 7.98. The third kappa shape index (κ3) is 4.09. The van der Waals surface area contributed by atoms with Gasteiger partial charge in [-0.3, -0.25) is 5.32 Å². The molecule has 22 heavy (non-hydrogen) atoms. The number of nitriles is 1. The number of benzene rings is 2. The predicted octanol–water partition coefficient (Wildman–Crippen LogP) is 4.70. The number of hydrogen-bond acceptors (Lipinski definition) is 4. The fourth-order valence-corrected chi connectivity index (χ4v) is 2.84. The van der Waals surface area contributed by atoms with E-state index in [0.717, 1.165) is 23.2 Å². The van der Waals surface area contributed by atoms with E-state index in [0.29, 0.717) is 5.02 Å². The molecule has 1 atom stereocenters. The van der Waals surface area contributed by atoms with Crippen molar-refractivity contribution in [2.75, 3.05) is 11.6 Å². The summed E-state index contributed by atoms with van der Waals surface area (Å²) in [5.74, 6) is 0. The molecule has 2 rings (SSSR count). The maximum atomic E-state index is 8.70. The summed E-state index contributed by atoms with van der Waals surface area (Å²) in [6.45, 7) is 2.14. The molecule has 0 aliphatic carbocycles. The Morgan fingerprint density at radius 2 is 1.95 bits per heavy atom. The van der Waals surface area contributed by atoms with Gasteiger partial charge in [-0.15, -0.1) is 11.8 Å². The SMILES string of the molecule is CCc1ccc(-c2ccc(NC(NC#N)SC)cc2Cl)cc1. The molecule has 0 aliphatic heterocycles. The van der Waals surface area contributed by atoms with Crippen LogP contribution in [-0.4, -0.2) is 11.8 Å². The summed E-state index contributed by atoms with van der Waals surface area (Å²) in [5, 5.41) is 15.3. The van der Waals surface area contributed by atoms with E-state index < -0.39 is 0 Å². The van der Waals surface area contributed by atoms with E-state index in [1.165, 1.54) is 17.3 Å². The van der Waals surface area contributed by atoms with Gasteiger partial charge in [0.25, 0.3) is 0 Å². The van der Waals surface area contributed by atoms with Crippen molar-refractivity contribution in [3.05, 3.63) is 53.1 Å². The Morgan fingerprint density at radius 3 is 2.50 bits per heavy atom. The van der Waals surface area contributed by atoms with Gasteiger partial charge in [0.2, 0.25) is 0 Å². The highest BCUT2D eigenvalue weighted by molar-refractivity contribution is 7.99. The van der Waals surface area contributed by atoms with Crippen molar-refractivity contribution in [2.45, 2.75) is 18.8 Å². The molecule has 0 saturated heterocycles. The molecule has 0 heterocycles. The van der Waals surface area contributed by atoms with Gasteiger partial charge in [-0.25, -0.2) is 0 Å². The highest BCUT2D eigenvalue weighted by Gasteiger charge is 2.08. The molecule has 0 amide bonds. The van der Waals surface area contributed by atoms with Crippen LogP contribution in [0.4, 0.5) is 5.69 Å². The standard InChI is InChI=1S/C17H18ClN3S/c1-3-12-4-6-13(7-5-12)15-9-8-14(10-16(15)18)21-17(22-2)20-11-19/h4-10,17,20-21H,3H2,1-2H3. The Hall–Kier alpha value is -1.83. The lowest BCUT2D eigenvalue weighted by molar-refractivity contribution is 0.885. The zero-order valence-electron chi connectivity index (χ0n) is 12.6. The first-order valence-electron chi connectivity index (χ1n) is 7.00. The molecule has 1 unspecified atom stereocenters. The first-order chi connectivity index (χ1) is 10.7. The van der Waals surface area contributed by atoms with Gasteiger partial charge in [-0.1, -0.05) is 48.9 Å². The summed E-state index contributed by atoms with van der Waals surface area (Å²) >= 11 is 7.92. The summed E-state index contributed by atoms with van der Waals surface area (Å²) in [6.07, 6.45) is 4.89. The molecule has 5 heteroatoms. The zero-order chi connectivity index (χ0) is 15.9. The number of thioether (sulfide) groups is 1. The van der Waals surface area contributed by atoms with E-state index in [1.807, 2.05) is 30.6 Å². The van der Waals surface area contributed by atoms with Gasteiger partial charge >= 0.3 is 0 Å². The Kier molecular flexibility index (Phi) is 6.00.